The minimum absolute atomic E-state index is 0.00943. The molecular weight excluding hydrogens is 480 g/mol. The molecule has 0 N–H and O–H groups in total. The quantitative estimate of drug-likeness (QED) is 0.435. The number of aromatic nitrogens is 2. The van der Waals surface area contributed by atoms with Crippen molar-refractivity contribution in [2.24, 2.45) is 5.92 Å². The van der Waals surface area contributed by atoms with Gasteiger partial charge in [0.25, 0.3) is 0 Å². The van der Waals surface area contributed by atoms with E-state index in [0.29, 0.717) is 30.7 Å². The first-order valence-corrected chi connectivity index (χ1v) is 12.1. The molecule has 194 valence electrons. The second-order valence-corrected chi connectivity index (χ2v) is 9.40. The Morgan fingerprint density at radius 2 is 1.78 bits per heavy atom. The van der Waals surface area contributed by atoms with Gasteiger partial charge in [-0.25, -0.2) is 8.78 Å². The molecule has 4 rings (SSSR count). The molecule has 1 atom stereocenters. The maximum absolute atomic E-state index is 13.9. The monoisotopic (exact) mass is 509 g/mol. The third-order valence-electron chi connectivity index (χ3n) is 6.73. The number of halogens is 2. The highest BCUT2D eigenvalue weighted by molar-refractivity contribution is 5.97. The summed E-state index contributed by atoms with van der Waals surface area (Å²) in [6.45, 7) is 1.77. The van der Waals surface area contributed by atoms with E-state index in [0.717, 1.165) is 23.0 Å². The summed E-state index contributed by atoms with van der Waals surface area (Å²) in [5.41, 5.74) is 3.34. The molecule has 0 aliphatic heterocycles. The number of hydrogen-bond acceptors (Lipinski definition) is 5. The molecule has 0 unspecified atom stereocenters. The van der Waals surface area contributed by atoms with Crippen LogP contribution >= 0.6 is 0 Å². The second kappa shape index (κ2) is 11.0. The number of benzene rings is 2. The highest BCUT2D eigenvalue weighted by Crippen LogP contribution is 2.25. The lowest BCUT2D eigenvalue weighted by molar-refractivity contribution is -0.127. The predicted octanol–water partition coefficient (Wildman–Crippen LogP) is 4.02. The molecule has 0 fully saturated rings. The molecule has 0 saturated carbocycles. The van der Waals surface area contributed by atoms with Crippen molar-refractivity contribution in [2.75, 3.05) is 19.1 Å². The largest absolute Gasteiger partial charge is 0.497 e. The van der Waals surface area contributed by atoms with Crippen LogP contribution in [0.25, 0.3) is 0 Å². The first kappa shape index (κ1) is 26.2. The summed E-state index contributed by atoms with van der Waals surface area (Å²) in [5, 5.41) is 4.46. The number of rotatable bonds is 9. The van der Waals surface area contributed by atoms with E-state index < -0.39 is 17.6 Å². The van der Waals surface area contributed by atoms with Crippen molar-refractivity contribution in [3.05, 3.63) is 76.6 Å². The molecule has 37 heavy (non-hydrogen) atoms. The Morgan fingerprint density at radius 3 is 2.43 bits per heavy atom. The number of Topliss-reactive ketones (excluding diaryl/α,β-unsaturated/α-hetero) is 2. The lowest BCUT2D eigenvalue weighted by atomic mass is 9.92. The highest BCUT2D eigenvalue weighted by atomic mass is 19.1. The zero-order chi connectivity index (χ0) is 26.7. The van der Waals surface area contributed by atoms with E-state index in [4.69, 9.17) is 4.74 Å². The molecule has 0 bridgehead atoms. The molecule has 1 aliphatic carbocycles. The fourth-order valence-corrected chi connectivity index (χ4v) is 4.82. The van der Waals surface area contributed by atoms with Gasteiger partial charge in [0.15, 0.2) is 5.78 Å². The Kier molecular flexibility index (Phi) is 7.80. The number of fused-ring (bicyclic) bond motifs is 1. The normalized spacial score (nSPS) is 13.7. The minimum Gasteiger partial charge on any atom is -0.497 e. The van der Waals surface area contributed by atoms with Gasteiger partial charge in [-0.2, -0.15) is 5.10 Å². The lowest BCUT2D eigenvalue weighted by Crippen LogP contribution is -2.36. The Labute approximate surface area is 214 Å². The first-order chi connectivity index (χ1) is 17.6. The topological polar surface area (TPSA) is 81.5 Å². The molecule has 1 heterocycles. The number of methoxy groups -OCH3 is 1. The third kappa shape index (κ3) is 6.10. The number of anilines is 1. The van der Waals surface area contributed by atoms with Crippen LogP contribution < -0.4 is 9.64 Å². The number of ether oxygens (including phenoxy) is 1. The average Bonchev–Trinajstić information content (AvgIpc) is 3.16. The van der Waals surface area contributed by atoms with Crippen molar-refractivity contribution >= 4 is 23.2 Å². The zero-order valence-corrected chi connectivity index (χ0v) is 21.1. The van der Waals surface area contributed by atoms with Crippen LogP contribution in [-0.4, -0.2) is 41.4 Å². The summed E-state index contributed by atoms with van der Waals surface area (Å²) in [7, 11) is 3.14. The molecular formula is C28H29F2N3O4. The van der Waals surface area contributed by atoms with Gasteiger partial charge in [0.2, 0.25) is 5.91 Å². The molecule has 3 aromatic rings. The van der Waals surface area contributed by atoms with Gasteiger partial charge < -0.3 is 9.64 Å². The molecule has 2 aromatic carbocycles. The predicted molar refractivity (Wildman–Crippen MR) is 134 cm³/mol. The van der Waals surface area contributed by atoms with Gasteiger partial charge in [-0.1, -0.05) is 0 Å². The van der Waals surface area contributed by atoms with Crippen LogP contribution in [0, 0.1) is 24.5 Å². The SMILES string of the molecule is COc1ccc(N(C)C(=O)[C@@H](CC(=O)Cn2nc(C)c3c2CCC(=O)C3)Cc2cc(F)cc(F)c2)cc1. The number of aryl methyl sites for hydroxylation is 1. The molecule has 1 aromatic heterocycles. The highest BCUT2D eigenvalue weighted by Gasteiger charge is 2.28. The summed E-state index contributed by atoms with van der Waals surface area (Å²) in [6.07, 6.45) is 1.10. The van der Waals surface area contributed by atoms with Gasteiger partial charge in [-0.05, 0) is 61.7 Å². The summed E-state index contributed by atoms with van der Waals surface area (Å²) in [6, 6.07) is 9.99. The van der Waals surface area contributed by atoms with Crippen LogP contribution in [0.15, 0.2) is 42.5 Å². The van der Waals surface area contributed by atoms with E-state index in [1.807, 2.05) is 6.92 Å². The van der Waals surface area contributed by atoms with E-state index in [9.17, 15) is 23.2 Å². The van der Waals surface area contributed by atoms with Crippen LogP contribution in [0.4, 0.5) is 14.5 Å². The van der Waals surface area contributed by atoms with Crippen molar-refractivity contribution in [1.29, 1.82) is 0 Å². The third-order valence-corrected chi connectivity index (χ3v) is 6.73. The summed E-state index contributed by atoms with van der Waals surface area (Å²) < 4.78 is 34.5. The number of amides is 1. The standard InChI is InChI=1S/C28H29F2N3O4/c1-17-26-15-23(34)6-9-27(26)33(31-17)16-24(35)13-19(10-18-11-20(29)14-21(30)12-18)28(36)32(2)22-4-7-25(37-3)8-5-22/h4-5,7-8,11-12,14,19H,6,9-10,13,15-16H2,1-3H3/t19-/m1/s1. The summed E-state index contributed by atoms with van der Waals surface area (Å²) >= 11 is 0. The van der Waals surface area contributed by atoms with Crippen molar-refractivity contribution in [2.45, 2.75) is 45.6 Å². The average molecular weight is 510 g/mol. The smallest absolute Gasteiger partial charge is 0.230 e. The molecule has 9 heteroatoms. The fraction of sp³-hybridized carbons (Fsp3) is 0.357. The summed E-state index contributed by atoms with van der Waals surface area (Å²) in [4.78, 5) is 40.0. The molecule has 0 spiro atoms. The molecule has 0 radical (unpaired) electrons. The van der Waals surface area contributed by atoms with Crippen molar-refractivity contribution in [3.63, 3.8) is 0 Å². The fourth-order valence-electron chi connectivity index (χ4n) is 4.82. The van der Waals surface area contributed by atoms with E-state index in [1.165, 1.54) is 17.0 Å². The van der Waals surface area contributed by atoms with Crippen molar-refractivity contribution in [3.8, 4) is 5.75 Å². The van der Waals surface area contributed by atoms with E-state index >= 15 is 0 Å². The lowest BCUT2D eigenvalue weighted by Gasteiger charge is -2.24. The molecule has 0 saturated heterocycles. The van der Waals surface area contributed by atoms with Crippen LogP contribution in [0.2, 0.25) is 0 Å². The van der Waals surface area contributed by atoms with Gasteiger partial charge in [0.1, 0.15) is 23.2 Å². The molecule has 7 nitrogen and oxygen atoms in total. The van der Waals surface area contributed by atoms with E-state index in [1.54, 1.807) is 43.1 Å². The zero-order valence-electron chi connectivity index (χ0n) is 21.1. The maximum Gasteiger partial charge on any atom is 0.230 e. The van der Waals surface area contributed by atoms with Crippen molar-refractivity contribution in [1.82, 2.24) is 9.78 Å². The Hall–Kier alpha value is -3.88. The van der Waals surface area contributed by atoms with Crippen LogP contribution in [0.5, 0.6) is 5.75 Å². The Balaban J connectivity index is 1.56. The van der Waals surface area contributed by atoms with Gasteiger partial charge in [-0.3, -0.25) is 19.1 Å². The second-order valence-electron chi connectivity index (χ2n) is 9.40. The number of carbonyl (C=O) groups excluding carboxylic acids is 3. The van der Waals surface area contributed by atoms with E-state index in [-0.39, 0.29) is 42.4 Å². The first-order valence-electron chi connectivity index (χ1n) is 12.1. The molecule has 1 amide bonds. The van der Waals surface area contributed by atoms with Crippen molar-refractivity contribution < 1.29 is 27.9 Å². The molecule has 1 aliphatic rings. The van der Waals surface area contributed by atoms with E-state index in [2.05, 4.69) is 5.10 Å². The van der Waals surface area contributed by atoms with Gasteiger partial charge >= 0.3 is 0 Å². The Bertz CT molecular complexity index is 1310. The van der Waals surface area contributed by atoms with Crippen LogP contribution in [-0.2, 0) is 40.2 Å². The minimum atomic E-state index is -0.852. The van der Waals surface area contributed by atoms with Gasteiger partial charge in [0, 0.05) is 55.2 Å². The number of nitrogens with zero attached hydrogens (tertiary/aromatic N) is 3. The number of hydrogen-bond donors (Lipinski definition) is 0. The van der Waals surface area contributed by atoms with Crippen LogP contribution in [0.3, 0.4) is 0 Å². The number of ketones is 2. The Morgan fingerprint density at radius 1 is 1.11 bits per heavy atom. The number of carbonyl (C=O) groups is 3. The van der Waals surface area contributed by atoms with Gasteiger partial charge in [-0.15, -0.1) is 0 Å². The maximum atomic E-state index is 13.9. The summed E-state index contributed by atoms with van der Waals surface area (Å²) in [5.74, 6) is -2.15. The van der Waals surface area contributed by atoms with Gasteiger partial charge in [0.05, 0.1) is 19.3 Å². The van der Waals surface area contributed by atoms with Crippen LogP contribution in [0.1, 0.15) is 35.4 Å².